The van der Waals surface area contributed by atoms with Crippen molar-refractivity contribution in [3.05, 3.63) is 29.5 Å². The number of benzene rings is 1. The monoisotopic (exact) mass is 286 g/mol. The largest absolute Gasteiger partial charge is 0.427 e. The maximum atomic E-state index is 11.7. The van der Waals surface area contributed by atoms with E-state index in [1.165, 1.54) is 12.5 Å². The predicted molar refractivity (Wildman–Crippen MR) is 79.1 cm³/mol. The third-order valence-corrected chi connectivity index (χ3v) is 4.06. The molecule has 21 heavy (non-hydrogen) atoms. The fourth-order valence-corrected chi connectivity index (χ4v) is 3.12. The number of nitrogens with zero attached hydrogens (tertiary/aromatic N) is 1. The molecule has 0 spiro atoms. The van der Waals surface area contributed by atoms with Gasteiger partial charge in [0.05, 0.1) is 6.04 Å². The standard InChI is InChI=1S/C16H18N2O3/c1-9-16-14(6-7-18(9)10(2)19)13-5-4-12(21-11(3)20)8-15(13)17-16/h4-5,8-9,17H,6-7H2,1-3H3/t9-/m1/s1. The van der Waals surface area contributed by atoms with E-state index in [9.17, 15) is 9.59 Å². The van der Waals surface area contributed by atoms with Gasteiger partial charge in [-0.3, -0.25) is 9.59 Å². The van der Waals surface area contributed by atoms with Crippen LogP contribution < -0.4 is 4.74 Å². The van der Waals surface area contributed by atoms with Crippen molar-refractivity contribution in [2.45, 2.75) is 33.2 Å². The van der Waals surface area contributed by atoms with Crippen molar-refractivity contribution in [2.24, 2.45) is 0 Å². The second-order valence-corrected chi connectivity index (χ2v) is 5.46. The van der Waals surface area contributed by atoms with Gasteiger partial charge >= 0.3 is 5.97 Å². The Morgan fingerprint density at radius 3 is 2.76 bits per heavy atom. The SMILES string of the molecule is CC(=O)Oc1ccc2c3c([nH]c2c1)[C@@H](C)N(C(C)=O)CC3. The van der Waals surface area contributed by atoms with Crippen molar-refractivity contribution < 1.29 is 14.3 Å². The Bertz CT molecular complexity index is 732. The van der Waals surface area contributed by atoms with Gasteiger partial charge in [0.2, 0.25) is 5.91 Å². The third-order valence-electron chi connectivity index (χ3n) is 4.06. The summed E-state index contributed by atoms with van der Waals surface area (Å²) in [5.74, 6) is 0.291. The number of fused-ring (bicyclic) bond motifs is 3. The first-order chi connectivity index (χ1) is 9.97. The van der Waals surface area contributed by atoms with Gasteiger partial charge in [0.25, 0.3) is 0 Å². The number of carbonyl (C=O) groups excluding carboxylic acids is 2. The number of nitrogens with one attached hydrogen (secondary N) is 1. The van der Waals surface area contributed by atoms with Gasteiger partial charge in [0.15, 0.2) is 0 Å². The summed E-state index contributed by atoms with van der Waals surface area (Å²) in [7, 11) is 0. The van der Waals surface area contributed by atoms with Gasteiger partial charge in [-0.2, -0.15) is 0 Å². The number of esters is 1. The minimum atomic E-state index is -0.332. The smallest absolute Gasteiger partial charge is 0.308 e. The molecule has 1 aliphatic heterocycles. The molecule has 0 radical (unpaired) electrons. The van der Waals surface area contributed by atoms with Gasteiger partial charge in [-0.1, -0.05) is 0 Å². The van der Waals surface area contributed by atoms with E-state index in [0.717, 1.165) is 29.6 Å². The Morgan fingerprint density at radius 1 is 1.33 bits per heavy atom. The van der Waals surface area contributed by atoms with Gasteiger partial charge in [0, 0.05) is 43.1 Å². The highest BCUT2D eigenvalue weighted by Gasteiger charge is 2.28. The van der Waals surface area contributed by atoms with Gasteiger partial charge < -0.3 is 14.6 Å². The number of hydrogen-bond donors (Lipinski definition) is 1. The molecule has 0 saturated heterocycles. The first-order valence-corrected chi connectivity index (χ1v) is 7.07. The van der Waals surface area contributed by atoms with Crippen LogP contribution in [0, 0.1) is 0 Å². The lowest BCUT2D eigenvalue weighted by atomic mass is 9.98. The fraction of sp³-hybridized carbons (Fsp3) is 0.375. The van der Waals surface area contributed by atoms with Crippen LogP contribution in [0.5, 0.6) is 5.75 Å². The topological polar surface area (TPSA) is 62.4 Å². The lowest BCUT2D eigenvalue weighted by molar-refractivity contribution is -0.132. The molecule has 1 atom stereocenters. The Labute approximate surface area is 122 Å². The van der Waals surface area contributed by atoms with Crippen molar-refractivity contribution in [3.8, 4) is 5.75 Å². The molecule has 0 fully saturated rings. The average Bonchev–Trinajstić information content (AvgIpc) is 2.76. The lowest BCUT2D eigenvalue weighted by Gasteiger charge is -2.32. The van der Waals surface area contributed by atoms with Crippen molar-refractivity contribution in [3.63, 3.8) is 0 Å². The number of H-pyrrole nitrogens is 1. The molecule has 1 N–H and O–H groups in total. The first-order valence-electron chi connectivity index (χ1n) is 7.07. The second-order valence-electron chi connectivity index (χ2n) is 5.46. The quantitative estimate of drug-likeness (QED) is 0.647. The zero-order chi connectivity index (χ0) is 15.1. The van der Waals surface area contributed by atoms with Crippen LogP contribution >= 0.6 is 0 Å². The summed E-state index contributed by atoms with van der Waals surface area (Å²) >= 11 is 0. The van der Waals surface area contributed by atoms with Crippen molar-refractivity contribution in [1.29, 1.82) is 0 Å². The van der Waals surface area contributed by atoms with Crippen molar-refractivity contribution >= 4 is 22.8 Å². The molecule has 5 nitrogen and oxygen atoms in total. The molecular formula is C16H18N2O3. The highest BCUT2D eigenvalue weighted by Crippen LogP contribution is 2.35. The summed E-state index contributed by atoms with van der Waals surface area (Å²) in [6.45, 7) is 5.75. The molecular weight excluding hydrogens is 268 g/mol. The Morgan fingerprint density at radius 2 is 2.10 bits per heavy atom. The zero-order valence-corrected chi connectivity index (χ0v) is 12.4. The zero-order valence-electron chi connectivity index (χ0n) is 12.4. The number of amides is 1. The normalized spacial score (nSPS) is 17.7. The fourth-order valence-electron chi connectivity index (χ4n) is 3.12. The first kappa shape index (κ1) is 13.7. The van der Waals surface area contributed by atoms with Gasteiger partial charge in [0.1, 0.15) is 5.75 Å². The summed E-state index contributed by atoms with van der Waals surface area (Å²) in [6.07, 6.45) is 0.839. The van der Waals surface area contributed by atoms with Gasteiger partial charge in [-0.25, -0.2) is 0 Å². The van der Waals surface area contributed by atoms with Gasteiger partial charge in [-0.05, 0) is 31.0 Å². The lowest BCUT2D eigenvalue weighted by Crippen LogP contribution is -2.37. The molecule has 2 heterocycles. The minimum absolute atomic E-state index is 0.0378. The molecule has 1 amide bonds. The van der Waals surface area contributed by atoms with Crippen LogP contribution in [-0.2, 0) is 16.0 Å². The number of aromatic amines is 1. The molecule has 0 saturated carbocycles. The molecule has 0 bridgehead atoms. The van der Waals surface area contributed by atoms with E-state index in [4.69, 9.17) is 4.74 Å². The van der Waals surface area contributed by atoms with E-state index in [2.05, 4.69) is 4.98 Å². The molecule has 1 aliphatic rings. The van der Waals surface area contributed by atoms with E-state index in [0.29, 0.717) is 5.75 Å². The number of carbonyl (C=O) groups is 2. The van der Waals surface area contributed by atoms with Crippen LogP contribution in [0.25, 0.3) is 10.9 Å². The third kappa shape index (κ3) is 2.28. The maximum Gasteiger partial charge on any atom is 0.308 e. The van der Waals surface area contributed by atoms with E-state index >= 15 is 0 Å². The molecule has 1 aromatic carbocycles. The molecule has 0 aliphatic carbocycles. The summed E-state index contributed by atoms with van der Waals surface area (Å²) in [4.78, 5) is 27.9. The van der Waals surface area contributed by atoms with Crippen LogP contribution in [0.4, 0.5) is 0 Å². The molecule has 3 rings (SSSR count). The molecule has 5 heteroatoms. The molecule has 2 aromatic rings. The van der Waals surface area contributed by atoms with Crippen LogP contribution in [0.2, 0.25) is 0 Å². The Balaban J connectivity index is 2.05. The summed E-state index contributed by atoms with van der Waals surface area (Å²) in [5, 5.41) is 1.14. The Hall–Kier alpha value is -2.30. The van der Waals surface area contributed by atoms with E-state index in [-0.39, 0.29) is 17.9 Å². The highest BCUT2D eigenvalue weighted by molar-refractivity contribution is 5.87. The number of aromatic nitrogens is 1. The van der Waals surface area contributed by atoms with Crippen molar-refractivity contribution in [1.82, 2.24) is 9.88 Å². The number of hydrogen-bond acceptors (Lipinski definition) is 3. The van der Waals surface area contributed by atoms with Crippen LogP contribution in [-0.4, -0.2) is 28.3 Å². The van der Waals surface area contributed by atoms with Crippen LogP contribution in [0.1, 0.15) is 38.1 Å². The summed E-state index contributed by atoms with van der Waals surface area (Å²) < 4.78 is 5.12. The van der Waals surface area contributed by atoms with E-state index < -0.39 is 0 Å². The molecule has 0 unspecified atom stereocenters. The van der Waals surface area contributed by atoms with Gasteiger partial charge in [-0.15, -0.1) is 0 Å². The highest BCUT2D eigenvalue weighted by atomic mass is 16.5. The van der Waals surface area contributed by atoms with Crippen LogP contribution in [0.15, 0.2) is 18.2 Å². The maximum absolute atomic E-state index is 11.7. The average molecular weight is 286 g/mol. The molecule has 1 aromatic heterocycles. The number of rotatable bonds is 1. The summed E-state index contributed by atoms with van der Waals surface area (Å²) in [6, 6.07) is 5.65. The predicted octanol–water partition coefficient (Wildman–Crippen LogP) is 2.56. The van der Waals surface area contributed by atoms with E-state index in [1.807, 2.05) is 24.0 Å². The number of ether oxygens (including phenoxy) is 1. The second kappa shape index (κ2) is 4.91. The van der Waals surface area contributed by atoms with Crippen LogP contribution in [0.3, 0.4) is 0 Å². The van der Waals surface area contributed by atoms with E-state index in [1.54, 1.807) is 13.0 Å². The minimum Gasteiger partial charge on any atom is -0.427 e. The van der Waals surface area contributed by atoms with Crippen molar-refractivity contribution in [2.75, 3.05) is 6.54 Å². The summed E-state index contributed by atoms with van der Waals surface area (Å²) in [5.41, 5.74) is 3.27. The molecule has 110 valence electrons. The Kier molecular flexibility index (Phi) is 3.20.